The molecule has 0 radical (unpaired) electrons. The molecule has 3 aromatic rings. The van der Waals surface area contributed by atoms with Gasteiger partial charge in [-0.1, -0.05) is 36.4 Å². The van der Waals surface area contributed by atoms with Crippen molar-refractivity contribution in [2.45, 2.75) is 6.92 Å². The topological polar surface area (TPSA) is 107 Å². The Hall–Kier alpha value is -3.48. The number of aromatic amines is 1. The Morgan fingerprint density at radius 3 is 2.58 bits per heavy atom. The van der Waals surface area contributed by atoms with Gasteiger partial charge in [0.2, 0.25) is 5.88 Å². The van der Waals surface area contributed by atoms with Crippen molar-refractivity contribution >= 4 is 34.1 Å². The molecule has 3 N–H and O–H groups in total. The van der Waals surface area contributed by atoms with E-state index in [4.69, 9.17) is 0 Å². The molecule has 0 spiro atoms. The van der Waals surface area contributed by atoms with Gasteiger partial charge in [0.05, 0.1) is 5.52 Å². The number of amides is 2. The smallest absolute Gasteiger partial charge is 0.353 e. The molecule has 0 saturated heterocycles. The van der Waals surface area contributed by atoms with Gasteiger partial charge in [-0.05, 0) is 24.6 Å². The number of H-pyrrole nitrogens is 1. The molecule has 0 fully saturated rings. The number of nitrogens with zero attached hydrogens (tertiary/aromatic N) is 2. The highest BCUT2D eigenvalue weighted by Gasteiger charge is 2.15. The summed E-state index contributed by atoms with van der Waals surface area (Å²) >= 11 is 0. The maximum Gasteiger partial charge on any atom is 0.353 e. The maximum atomic E-state index is 11.9. The molecule has 1 heterocycles. The highest BCUT2D eigenvalue weighted by atomic mass is 16.3. The number of hydrogen-bond acceptors (Lipinski definition) is 4. The number of benzene rings is 2. The summed E-state index contributed by atoms with van der Waals surface area (Å²) in [6.07, 6.45) is 0. The van der Waals surface area contributed by atoms with Gasteiger partial charge in [-0.3, -0.25) is 9.59 Å². The lowest BCUT2D eigenvalue weighted by atomic mass is 10.2. The molecule has 120 valence electrons. The number of azo groups is 1. The largest absolute Gasteiger partial charge is 0.493 e. The summed E-state index contributed by atoms with van der Waals surface area (Å²) in [4.78, 5) is 26.4. The van der Waals surface area contributed by atoms with E-state index in [1.54, 1.807) is 36.4 Å². The standard InChI is InChI=1S/C17H14N4O3/c1-10-6-2-4-8-12(10)18-16(23)17(24)21-20-14-11-7-3-5-9-13(11)19-15(14)22/h2-9,19,22H,1H3,(H,18,23). The summed E-state index contributed by atoms with van der Waals surface area (Å²) in [5, 5.41) is 20.0. The van der Waals surface area contributed by atoms with E-state index >= 15 is 0 Å². The molecule has 7 nitrogen and oxygen atoms in total. The van der Waals surface area contributed by atoms with Gasteiger partial charge >= 0.3 is 11.8 Å². The number of para-hydroxylation sites is 2. The Morgan fingerprint density at radius 2 is 1.79 bits per heavy atom. The number of hydrogen-bond donors (Lipinski definition) is 3. The zero-order chi connectivity index (χ0) is 17.1. The molecular formula is C17H14N4O3. The highest BCUT2D eigenvalue weighted by Crippen LogP contribution is 2.35. The molecular weight excluding hydrogens is 308 g/mol. The number of fused-ring (bicyclic) bond motifs is 1. The van der Waals surface area contributed by atoms with Crippen LogP contribution in [0.3, 0.4) is 0 Å². The summed E-state index contributed by atoms with van der Waals surface area (Å²) in [7, 11) is 0. The highest BCUT2D eigenvalue weighted by molar-refractivity contribution is 6.40. The molecule has 2 amide bonds. The van der Waals surface area contributed by atoms with Crippen molar-refractivity contribution in [1.29, 1.82) is 0 Å². The van der Waals surface area contributed by atoms with Gasteiger partial charge in [-0.25, -0.2) is 0 Å². The van der Waals surface area contributed by atoms with Gasteiger partial charge in [0, 0.05) is 11.1 Å². The lowest BCUT2D eigenvalue weighted by Crippen LogP contribution is -2.21. The van der Waals surface area contributed by atoms with E-state index in [-0.39, 0.29) is 11.6 Å². The first-order valence-electron chi connectivity index (χ1n) is 7.18. The van der Waals surface area contributed by atoms with Crippen molar-refractivity contribution in [3.05, 3.63) is 54.1 Å². The zero-order valence-electron chi connectivity index (χ0n) is 12.8. The fraction of sp³-hybridized carbons (Fsp3) is 0.0588. The van der Waals surface area contributed by atoms with E-state index < -0.39 is 11.8 Å². The van der Waals surface area contributed by atoms with Gasteiger partial charge in [-0.15, -0.1) is 10.2 Å². The second-order valence-electron chi connectivity index (χ2n) is 5.14. The summed E-state index contributed by atoms with van der Waals surface area (Å²) in [6, 6.07) is 14.1. The average molecular weight is 322 g/mol. The SMILES string of the molecule is Cc1ccccc1NC(=O)C(=O)N=Nc1c(O)[nH]c2ccccc12. The Morgan fingerprint density at radius 1 is 1.08 bits per heavy atom. The predicted molar refractivity (Wildman–Crippen MR) is 89.3 cm³/mol. The van der Waals surface area contributed by atoms with E-state index in [1.807, 2.05) is 19.1 Å². The molecule has 2 aromatic carbocycles. The summed E-state index contributed by atoms with van der Waals surface area (Å²) in [6.45, 7) is 1.81. The summed E-state index contributed by atoms with van der Waals surface area (Å²) in [5.74, 6) is -2.16. The third-order valence-electron chi connectivity index (χ3n) is 3.49. The monoisotopic (exact) mass is 322 g/mol. The van der Waals surface area contributed by atoms with Crippen molar-refractivity contribution in [3.63, 3.8) is 0 Å². The number of carbonyl (C=O) groups is 2. The maximum absolute atomic E-state index is 11.9. The Kier molecular flexibility index (Phi) is 4.07. The van der Waals surface area contributed by atoms with Gasteiger partial charge in [0.25, 0.3) is 0 Å². The molecule has 0 aliphatic carbocycles. The molecule has 0 saturated carbocycles. The number of aromatic nitrogens is 1. The van der Waals surface area contributed by atoms with Crippen molar-refractivity contribution in [3.8, 4) is 5.88 Å². The van der Waals surface area contributed by atoms with Crippen LogP contribution >= 0.6 is 0 Å². The summed E-state index contributed by atoms with van der Waals surface area (Å²) in [5.41, 5.74) is 2.12. The minimum absolute atomic E-state index is 0.114. The predicted octanol–water partition coefficient (Wildman–Crippen LogP) is 3.43. The van der Waals surface area contributed by atoms with Crippen LogP contribution in [-0.4, -0.2) is 21.9 Å². The van der Waals surface area contributed by atoms with Gasteiger partial charge in [0.1, 0.15) is 0 Å². The second kappa shape index (κ2) is 6.33. The van der Waals surface area contributed by atoms with E-state index in [0.717, 1.165) is 5.56 Å². The average Bonchev–Trinajstić information content (AvgIpc) is 2.90. The third-order valence-corrected chi connectivity index (χ3v) is 3.49. The van der Waals surface area contributed by atoms with Crippen LogP contribution < -0.4 is 5.32 Å². The normalized spacial score (nSPS) is 11.0. The van der Waals surface area contributed by atoms with Crippen LogP contribution in [0, 0.1) is 6.92 Å². The number of carbonyl (C=O) groups excluding carboxylic acids is 2. The molecule has 7 heteroatoms. The Balaban J connectivity index is 1.78. The van der Waals surface area contributed by atoms with Crippen molar-refractivity contribution in [2.24, 2.45) is 10.2 Å². The van der Waals surface area contributed by atoms with Crippen molar-refractivity contribution < 1.29 is 14.7 Å². The first kappa shape index (κ1) is 15.4. The minimum Gasteiger partial charge on any atom is -0.493 e. The number of rotatable bonds is 2. The second-order valence-corrected chi connectivity index (χ2v) is 5.14. The van der Waals surface area contributed by atoms with Crippen LogP contribution in [0.5, 0.6) is 5.88 Å². The fourth-order valence-electron chi connectivity index (χ4n) is 2.24. The van der Waals surface area contributed by atoms with Gasteiger partial charge in [0.15, 0.2) is 5.69 Å². The van der Waals surface area contributed by atoms with E-state index in [1.165, 1.54) is 0 Å². The van der Waals surface area contributed by atoms with Crippen molar-refractivity contribution in [1.82, 2.24) is 4.98 Å². The lowest BCUT2D eigenvalue weighted by Gasteiger charge is -2.04. The molecule has 3 rings (SSSR count). The summed E-state index contributed by atoms with van der Waals surface area (Å²) < 4.78 is 0. The Bertz CT molecular complexity index is 959. The fourth-order valence-corrected chi connectivity index (χ4v) is 2.24. The van der Waals surface area contributed by atoms with Gasteiger partial charge < -0.3 is 15.4 Å². The van der Waals surface area contributed by atoms with E-state index in [0.29, 0.717) is 16.6 Å². The molecule has 0 bridgehead atoms. The van der Waals surface area contributed by atoms with E-state index in [2.05, 4.69) is 20.5 Å². The molecule has 0 aliphatic heterocycles. The van der Waals surface area contributed by atoms with Crippen molar-refractivity contribution in [2.75, 3.05) is 5.32 Å². The van der Waals surface area contributed by atoms with Crippen LogP contribution in [0.15, 0.2) is 58.8 Å². The minimum atomic E-state index is -1.05. The number of anilines is 1. The lowest BCUT2D eigenvalue weighted by molar-refractivity contribution is -0.134. The first-order chi connectivity index (χ1) is 11.6. The molecule has 0 atom stereocenters. The van der Waals surface area contributed by atoms with Crippen LogP contribution in [0.4, 0.5) is 11.4 Å². The zero-order valence-corrected chi connectivity index (χ0v) is 12.8. The Labute approximate surface area is 137 Å². The number of aromatic hydroxyl groups is 1. The molecule has 1 aromatic heterocycles. The first-order valence-corrected chi connectivity index (χ1v) is 7.18. The van der Waals surface area contributed by atoms with Crippen LogP contribution in [0.1, 0.15) is 5.56 Å². The third kappa shape index (κ3) is 3.00. The number of aryl methyl sites for hydroxylation is 1. The molecule has 0 aliphatic rings. The van der Waals surface area contributed by atoms with Crippen LogP contribution in [0.25, 0.3) is 10.9 Å². The van der Waals surface area contributed by atoms with Crippen LogP contribution in [-0.2, 0) is 9.59 Å². The van der Waals surface area contributed by atoms with Gasteiger partial charge in [-0.2, -0.15) is 0 Å². The molecule has 24 heavy (non-hydrogen) atoms. The quantitative estimate of drug-likeness (QED) is 0.497. The number of nitrogens with one attached hydrogen (secondary N) is 2. The molecule has 0 unspecified atom stereocenters. The van der Waals surface area contributed by atoms with Crippen LogP contribution in [0.2, 0.25) is 0 Å². The van der Waals surface area contributed by atoms with E-state index in [9.17, 15) is 14.7 Å².